The number of benzene rings is 3. The van der Waals surface area contributed by atoms with Crippen LogP contribution < -0.4 is 15.0 Å². The minimum atomic E-state index is 0.109. The molecule has 0 N–H and O–H groups in total. The fourth-order valence-electron chi connectivity index (χ4n) is 3.09. The molecule has 4 rings (SSSR count). The smallest absolute Gasteiger partial charge is 0.268 e. The van der Waals surface area contributed by atoms with Gasteiger partial charge in [-0.1, -0.05) is 54.0 Å². The molecule has 0 bridgehead atoms. The molecule has 5 heteroatoms. The molecular formula is C24H23NO3S. The first kappa shape index (κ1) is 19.3. The van der Waals surface area contributed by atoms with Gasteiger partial charge >= 0.3 is 0 Å². The van der Waals surface area contributed by atoms with Gasteiger partial charge in [0.1, 0.15) is 18.1 Å². The molecule has 0 fully saturated rings. The van der Waals surface area contributed by atoms with Crippen LogP contribution in [0.2, 0.25) is 0 Å². The van der Waals surface area contributed by atoms with Crippen molar-refractivity contribution in [2.24, 2.45) is 0 Å². The summed E-state index contributed by atoms with van der Waals surface area (Å²) >= 11 is 1.53. The average Bonchev–Trinajstić information content (AvgIpc) is 3.09. The number of hydrogen-bond acceptors (Lipinski definition) is 4. The first-order valence-corrected chi connectivity index (χ1v) is 10.6. The van der Waals surface area contributed by atoms with Crippen LogP contribution in [0.1, 0.15) is 18.4 Å². The molecule has 0 spiro atoms. The molecule has 29 heavy (non-hydrogen) atoms. The van der Waals surface area contributed by atoms with Crippen LogP contribution >= 0.6 is 11.5 Å². The number of nitrogens with zero attached hydrogens (tertiary/aromatic N) is 1. The summed E-state index contributed by atoms with van der Waals surface area (Å²) in [5.41, 5.74) is 1.25. The van der Waals surface area contributed by atoms with Crippen LogP contribution in [0.5, 0.6) is 11.5 Å². The molecule has 0 amide bonds. The first-order chi connectivity index (χ1) is 14.3. The zero-order chi connectivity index (χ0) is 19.9. The second-order valence-corrected chi connectivity index (χ2v) is 7.86. The number of unbranched alkanes of at least 4 members (excludes halogenated alkanes) is 1. The molecule has 1 aromatic heterocycles. The second kappa shape index (κ2) is 9.43. The third kappa shape index (κ3) is 5.06. The van der Waals surface area contributed by atoms with Crippen molar-refractivity contribution in [1.82, 2.24) is 3.96 Å². The predicted octanol–water partition coefficient (Wildman–Crippen LogP) is 5.50. The van der Waals surface area contributed by atoms with Crippen molar-refractivity contribution in [3.63, 3.8) is 0 Å². The van der Waals surface area contributed by atoms with Crippen LogP contribution in [-0.4, -0.2) is 10.6 Å². The number of aryl methyl sites for hydroxylation is 1. The molecule has 0 saturated carbocycles. The van der Waals surface area contributed by atoms with E-state index in [4.69, 9.17) is 9.47 Å². The molecule has 0 unspecified atom stereocenters. The van der Waals surface area contributed by atoms with Gasteiger partial charge in [0.05, 0.1) is 16.7 Å². The highest BCUT2D eigenvalue weighted by molar-refractivity contribution is 7.13. The van der Waals surface area contributed by atoms with Gasteiger partial charge in [-0.15, -0.1) is 0 Å². The van der Waals surface area contributed by atoms with E-state index in [1.807, 2.05) is 82.8 Å². The van der Waals surface area contributed by atoms with Crippen LogP contribution in [0.3, 0.4) is 0 Å². The van der Waals surface area contributed by atoms with Crippen molar-refractivity contribution < 1.29 is 9.47 Å². The summed E-state index contributed by atoms with van der Waals surface area (Å²) in [7, 11) is 0. The van der Waals surface area contributed by atoms with E-state index in [0.29, 0.717) is 13.2 Å². The number of fused-ring (bicyclic) bond motifs is 1. The van der Waals surface area contributed by atoms with Crippen molar-refractivity contribution >= 4 is 21.6 Å². The molecular weight excluding hydrogens is 382 g/mol. The summed E-state index contributed by atoms with van der Waals surface area (Å²) in [5, 5.41) is 0.809. The number of hydrogen-bond donors (Lipinski definition) is 0. The highest BCUT2D eigenvalue weighted by Gasteiger charge is 2.06. The summed E-state index contributed by atoms with van der Waals surface area (Å²) in [6.07, 6.45) is 1.80. The van der Waals surface area contributed by atoms with Gasteiger partial charge in [-0.2, -0.15) is 0 Å². The van der Waals surface area contributed by atoms with E-state index in [9.17, 15) is 4.79 Å². The maximum absolute atomic E-state index is 12.3. The van der Waals surface area contributed by atoms with E-state index < -0.39 is 0 Å². The Morgan fingerprint density at radius 2 is 1.45 bits per heavy atom. The molecule has 0 radical (unpaired) electrons. The quantitative estimate of drug-likeness (QED) is 0.345. The van der Waals surface area contributed by atoms with Crippen molar-refractivity contribution in [3.8, 4) is 11.5 Å². The minimum Gasteiger partial charge on any atom is -0.494 e. The molecule has 4 nitrogen and oxygen atoms in total. The van der Waals surface area contributed by atoms with E-state index in [-0.39, 0.29) is 5.56 Å². The van der Waals surface area contributed by atoms with Gasteiger partial charge in [0, 0.05) is 6.54 Å². The second-order valence-electron chi connectivity index (χ2n) is 6.80. The van der Waals surface area contributed by atoms with Crippen molar-refractivity contribution in [3.05, 3.63) is 94.8 Å². The minimum absolute atomic E-state index is 0.109. The highest BCUT2D eigenvalue weighted by Crippen LogP contribution is 2.19. The lowest BCUT2D eigenvalue weighted by molar-refractivity contribution is 0.296. The fourth-order valence-corrected chi connectivity index (χ4v) is 4.12. The summed E-state index contributed by atoms with van der Waals surface area (Å²) in [6.45, 7) is 1.91. The third-order valence-corrected chi connectivity index (χ3v) is 5.77. The van der Waals surface area contributed by atoms with Crippen LogP contribution in [-0.2, 0) is 13.2 Å². The molecule has 0 atom stereocenters. The number of rotatable bonds is 9. The van der Waals surface area contributed by atoms with Crippen molar-refractivity contribution in [2.45, 2.75) is 26.0 Å². The van der Waals surface area contributed by atoms with Crippen LogP contribution in [0, 0.1) is 0 Å². The molecule has 148 valence electrons. The lowest BCUT2D eigenvalue weighted by atomic mass is 10.2. The van der Waals surface area contributed by atoms with Crippen LogP contribution in [0.4, 0.5) is 0 Å². The van der Waals surface area contributed by atoms with Gasteiger partial charge in [-0.05, 0) is 54.8 Å². The van der Waals surface area contributed by atoms with E-state index in [0.717, 1.165) is 46.5 Å². The monoisotopic (exact) mass is 405 g/mol. The van der Waals surface area contributed by atoms with E-state index in [1.54, 1.807) is 0 Å². The Morgan fingerprint density at radius 1 is 0.759 bits per heavy atom. The Hall–Kier alpha value is -3.05. The lowest BCUT2D eigenvalue weighted by Crippen LogP contribution is -2.13. The largest absolute Gasteiger partial charge is 0.494 e. The SMILES string of the molecule is O=c1c2ccccc2sn1CCCCOc1ccc(OCc2ccccc2)cc1. The fraction of sp³-hybridized carbons (Fsp3) is 0.208. The average molecular weight is 406 g/mol. The number of aromatic nitrogens is 1. The topological polar surface area (TPSA) is 40.5 Å². The lowest BCUT2D eigenvalue weighted by Gasteiger charge is -2.09. The van der Waals surface area contributed by atoms with Gasteiger partial charge in [0.25, 0.3) is 5.56 Å². The molecule has 0 aliphatic rings. The molecule has 4 aromatic rings. The molecule has 0 aliphatic heterocycles. The Balaban J connectivity index is 1.19. The zero-order valence-corrected chi connectivity index (χ0v) is 16.9. The third-order valence-electron chi connectivity index (χ3n) is 4.65. The Kier molecular flexibility index (Phi) is 6.27. The molecule has 1 heterocycles. The van der Waals surface area contributed by atoms with Gasteiger partial charge < -0.3 is 9.47 Å². The van der Waals surface area contributed by atoms with Gasteiger partial charge in [0.2, 0.25) is 0 Å². The Labute approximate surface area is 174 Å². The highest BCUT2D eigenvalue weighted by atomic mass is 32.1. The maximum atomic E-state index is 12.3. The van der Waals surface area contributed by atoms with Crippen molar-refractivity contribution in [1.29, 1.82) is 0 Å². The van der Waals surface area contributed by atoms with E-state index in [2.05, 4.69) is 0 Å². The summed E-state index contributed by atoms with van der Waals surface area (Å²) in [5.74, 6) is 1.65. The van der Waals surface area contributed by atoms with Gasteiger partial charge in [-0.3, -0.25) is 8.75 Å². The summed E-state index contributed by atoms with van der Waals surface area (Å²) < 4.78 is 14.5. The van der Waals surface area contributed by atoms with Crippen LogP contribution in [0.25, 0.3) is 10.1 Å². The molecule has 0 aliphatic carbocycles. The molecule has 0 saturated heterocycles. The molecule has 3 aromatic carbocycles. The van der Waals surface area contributed by atoms with Gasteiger partial charge in [-0.25, -0.2) is 0 Å². The summed E-state index contributed by atoms with van der Waals surface area (Å²) in [6, 6.07) is 25.6. The Bertz CT molecular complexity index is 1100. The Morgan fingerprint density at radius 3 is 2.21 bits per heavy atom. The van der Waals surface area contributed by atoms with Crippen LogP contribution in [0.15, 0.2) is 83.7 Å². The predicted molar refractivity (Wildman–Crippen MR) is 118 cm³/mol. The number of ether oxygens (including phenoxy) is 2. The summed E-state index contributed by atoms with van der Waals surface area (Å²) in [4.78, 5) is 12.3. The normalized spacial score (nSPS) is 10.9. The standard InChI is InChI=1S/C24H23NO3S/c26-24-22-10-4-5-11-23(22)29-25(24)16-6-7-17-27-20-12-14-21(15-13-20)28-18-19-8-2-1-3-9-19/h1-5,8-15H,6-7,16-18H2. The van der Waals surface area contributed by atoms with Crippen molar-refractivity contribution in [2.75, 3.05) is 6.61 Å². The van der Waals surface area contributed by atoms with Gasteiger partial charge in [0.15, 0.2) is 0 Å². The van der Waals surface area contributed by atoms with E-state index >= 15 is 0 Å². The van der Waals surface area contributed by atoms with E-state index in [1.165, 1.54) is 11.5 Å². The zero-order valence-electron chi connectivity index (χ0n) is 16.1. The first-order valence-electron chi connectivity index (χ1n) is 9.78. The maximum Gasteiger partial charge on any atom is 0.268 e.